The second kappa shape index (κ2) is 7.18. The second-order valence-electron chi connectivity index (χ2n) is 5.46. The third kappa shape index (κ3) is 3.92. The summed E-state index contributed by atoms with van der Waals surface area (Å²) < 4.78 is 5.05. The number of hydrogen-bond donors (Lipinski definition) is 1. The van der Waals surface area contributed by atoms with Crippen molar-refractivity contribution in [1.82, 2.24) is 9.80 Å². The van der Waals surface area contributed by atoms with Crippen LogP contribution in [0.3, 0.4) is 0 Å². The van der Waals surface area contributed by atoms with E-state index in [-0.39, 0.29) is 6.09 Å². The highest BCUT2D eigenvalue weighted by Crippen LogP contribution is 2.27. The Morgan fingerprint density at radius 2 is 2.00 bits per heavy atom. The van der Waals surface area contributed by atoms with Crippen LogP contribution in [0.2, 0.25) is 0 Å². The molecule has 21 heavy (non-hydrogen) atoms. The number of benzene rings is 1. The molecule has 0 spiro atoms. The standard InChI is InChI=1S/C16H24N2O2S/c1-4-20-16(19)18-9-7-17(8-10-18)13(3)14-6-5-12(2)11-15(14)21/h5-6,11,13,21H,4,7-10H2,1-3H3. The predicted molar refractivity (Wildman–Crippen MR) is 87.0 cm³/mol. The number of ether oxygens (including phenoxy) is 1. The zero-order valence-corrected chi connectivity index (χ0v) is 13.9. The number of hydrogen-bond acceptors (Lipinski definition) is 4. The summed E-state index contributed by atoms with van der Waals surface area (Å²) in [4.78, 5) is 16.9. The fourth-order valence-electron chi connectivity index (χ4n) is 2.71. The number of carbonyl (C=O) groups is 1. The summed E-state index contributed by atoms with van der Waals surface area (Å²) in [7, 11) is 0. The molecule has 1 aromatic rings. The van der Waals surface area contributed by atoms with Crippen LogP contribution in [0, 0.1) is 6.92 Å². The third-order valence-electron chi connectivity index (χ3n) is 4.02. The van der Waals surface area contributed by atoms with Gasteiger partial charge in [0.05, 0.1) is 6.61 Å². The maximum atomic E-state index is 11.7. The molecule has 1 unspecified atom stereocenters. The van der Waals surface area contributed by atoms with Crippen LogP contribution in [0.5, 0.6) is 0 Å². The van der Waals surface area contributed by atoms with Gasteiger partial charge in [-0.2, -0.15) is 0 Å². The fraction of sp³-hybridized carbons (Fsp3) is 0.562. The van der Waals surface area contributed by atoms with Gasteiger partial charge in [0.1, 0.15) is 0 Å². The fourth-order valence-corrected chi connectivity index (χ4v) is 3.18. The molecule has 0 saturated carbocycles. The monoisotopic (exact) mass is 308 g/mol. The molecule has 0 N–H and O–H groups in total. The van der Waals surface area contributed by atoms with Crippen molar-refractivity contribution in [1.29, 1.82) is 0 Å². The zero-order chi connectivity index (χ0) is 15.4. The molecule has 5 heteroatoms. The molecule has 1 aromatic carbocycles. The molecule has 1 aliphatic rings. The van der Waals surface area contributed by atoms with E-state index in [2.05, 4.69) is 49.6 Å². The van der Waals surface area contributed by atoms with E-state index < -0.39 is 0 Å². The molecule has 0 aliphatic carbocycles. The van der Waals surface area contributed by atoms with Crippen molar-refractivity contribution in [2.24, 2.45) is 0 Å². The lowest BCUT2D eigenvalue weighted by molar-refractivity contribution is 0.0682. The highest BCUT2D eigenvalue weighted by Gasteiger charge is 2.25. The lowest BCUT2D eigenvalue weighted by Crippen LogP contribution is -2.49. The Hall–Kier alpha value is -1.20. The van der Waals surface area contributed by atoms with Gasteiger partial charge in [0, 0.05) is 37.1 Å². The van der Waals surface area contributed by atoms with Gasteiger partial charge in [-0.1, -0.05) is 17.7 Å². The summed E-state index contributed by atoms with van der Waals surface area (Å²) in [5.41, 5.74) is 2.47. The number of nitrogens with zero attached hydrogens (tertiary/aromatic N) is 2. The zero-order valence-electron chi connectivity index (χ0n) is 13.0. The lowest BCUT2D eigenvalue weighted by atomic mass is 10.0. The average molecular weight is 308 g/mol. The smallest absolute Gasteiger partial charge is 0.409 e. The first-order chi connectivity index (χ1) is 10.0. The number of piperazine rings is 1. The van der Waals surface area contributed by atoms with Crippen molar-refractivity contribution in [3.05, 3.63) is 29.3 Å². The summed E-state index contributed by atoms with van der Waals surface area (Å²) in [6.07, 6.45) is -0.199. The predicted octanol–water partition coefficient (Wildman–Crippen LogP) is 3.12. The van der Waals surface area contributed by atoms with Crippen molar-refractivity contribution in [2.75, 3.05) is 32.8 Å². The van der Waals surface area contributed by atoms with E-state index in [0.717, 1.165) is 31.1 Å². The Morgan fingerprint density at radius 3 is 2.57 bits per heavy atom. The van der Waals surface area contributed by atoms with Crippen molar-refractivity contribution >= 4 is 18.7 Å². The maximum Gasteiger partial charge on any atom is 0.409 e. The van der Waals surface area contributed by atoms with Crippen LogP contribution in [0.1, 0.15) is 31.0 Å². The van der Waals surface area contributed by atoms with Gasteiger partial charge >= 0.3 is 6.09 Å². The highest BCUT2D eigenvalue weighted by molar-refractivity contribution is 7.80. The van der Waals surface area contributed by atoms with Crippen LogP contribution in [-0.2, 0) is 4.74 Å². The van der Waals surface area contributed by atoms with Crippen LogP contribution < -0.4 is 0 Å². The molecule has 1 atom stereocenters. The van der Waals surface area contributed by atoms with E-state index in [4.69, 9.17) is 4.74 Å². The van der Waals surface area contributed by atoms with Gasteiger partial charge in [-0.3, -0.25) is 4.90 Å². The summed E-state index contributed by atoms with van der Waals surface area (Å²) in [6.45, 7) is 9.70. The number of rotatable bonds is 3. The second-order valence-corrected chi connectivity index (χ2v) is 5.94. The van der Waals surface area contributed by atoms with E-state index in [1.54, 1.807) is 4.90 Å². The molecule has 116 valence electrons. The van der Waals surface area contributed by atoms with Gasteiger partial charge in [-0.15, -0.1) is 12.6 Å². The first-order valence-electron chi connectivity index (χ1n) is 7.48. The topological polar surface area (TPSA) is 32.8 Å². The number of aryl methyl sites for hydroxylation is 1. The largest absolute Gasteiger partial charge is 0.450 e. The molecular formula is C16H24N2O2S. The Morgan fingerprint density at radius 1 is 1.33 bits per heavy atom. The molecule has 1 fully saturated rings. The van der Waals surface area contributed by atoms with Gasteiger partial charge in [-0.25, -0.2) is 4.79 Å². The van der Waals surface area contributed by atoms with Crippen LogP contribution in [0.25, 0.3) is 0 Å². The Kier molecular flexibility index (Phi) is 5.53. The summed E-state index contributed by atoms with van der Waals surface area (Å²) in [5, 5.41) is 0. The summed E-state index contributed by atoms with van der Waals surface area (Å²) >= 11 is 4.59. The molecule has 1 amide bonds. The van der Waals surface area contributed by atoms with E-state index in [9.17, 15) is 4.79 Å². The Balaban J connectivity index is 1.97. The normalized spacial score (nSPS) is 17.6. The van der Waals surface area contributed by atoms with Gasteiger partial charge in [-0.05, 0) is 32.4 Å². The third-order valence-corrected chi connectivity index (χ3v) is 4.41. The van der Waals surface area contributed by atoms with E-state index in [1.165, 1.54) is 11.1 Å². The van der Waals surface area contributed by atoms with E-state index in [0.29, 0.717) is 12.6 Å². The first-order valence-corrected chi connectivity index (χ1v) is 7.93. The van der Waals surface area contributed by atoms with E-state index in [1.807, 2.05) is 6.92 Å². The number of carbonyl (C=O) groups excluding carboxylic acids is 1. The average Bonchev–Trinajstić information content (AvgIpc) is 2.47. The lowest BCUT2D eigenvalue weighted by Gasteiger charge is -2.38. The highest BCUT2D eigenvalue weighted by atomic mass is 32.1. The molecule has 0 bridgehead atoms. The molecule has 1 aliphatic heterocycles. The minimum Gasteiger partial charge on any atom is -0.450 e. The van der Waals surface area contributed by atoms with Gasteiger partial charge in [0.25, 0.3) is 0 Å². The molecule has 0 aromatic heterocycles. The molecule has 2 rings (SSSR count). The van der Waals surface area contributed by atoms with Gasteiger partial charge < -0.3 is 9.64 Å². The van der Waals surface area contributed by atoms with E-state index >= 15 is 0 Å². The molecular weight excluding hydrogens is 284 g/mol. The van der Waals surface area contributed by atoms with Crippen molar-refractivity contribution in [3.63, 3.8) is 0 Å². The quantitative estimate of drug-likeness (QED) is 0.871. The van der Waals surface area contributed by atoms with Crippen molar-refractivity contribution < 1.29 is 9.53 Å². The van der Waals surface area contributed by atoms with Crippen LogP contribution >= 0.6 is 12.6 Å². The summed E-state index contributed by atoms with van der Waals surface area (Å²) in [5.74, 6) is 0. The molecule has 1 saturated heterocycles. The Labute approximate surface area is 132 Å². The molecule has 0 radical (unpaired) electrons. The van der Waals surface area contributed by atoms with Crippen LogP contribution in [-0.4, -0.2) is 48.7 Å². The summed E-state index contributed by atoms with van der Waals surface area (Å²) in [6, 6.07) is 6.69. The number of amides is 1. The minimum atomic E-state index is -0.199. The first kappa shape index (κ1) is 16.2. The minimum absolute atomic E-state index is 0.199. The number of thiol groups is 1. The molecule has 1 heterocycles. The van der Waals surface area contributed by atoms with Gasteiger partial charge in [0.15, 0.2) is 0 Å². The van der Waals surface area contributed by atoms with Crippen LogP contribution in [0.4, 0.5) is 4.79 Å². The maximum absolute atomic E-state index is 11.7. The van der Waals surface area contributed by atoms with Crippen LogP contribution in [0.15, 0.2) is 23.1 Å². The van der Waals surface area contributed by atoms with Gasteiger partial charge in [0.2, 0.25) is 0 Å². The Bertz CT molecular complexity index is 499. The van der Waals surface area contributed by atoms with Crippen molar-refractivity contribution in [3.8, 4) is 0 Å². The SMILES string of the molecule is CCOC(=O)N1CCN(C(C)c2ccc(C)cc2S)CC1. The molecule has 4 nitrogen and oxygen atoms in total. The van der Waals surface area contributed by atoms with Crippen molar-refractivity contribution in [2.45, 2.75) is 31.7 Å².